The molecule has 5 nitrogen and oxygen atoms in total. The minimum atomic E-state index is -3.90. The molecular formula is C5H6N2O3S. The Morgan fingerprint density at radius 2 is 1.91 bits per heavy atom. The number of rotatable bonds is 2. The lowest BCUT2D eigenvalue weighted by molar-refractivity contribution is 0.487. The summed E-state index contributed by atoms with van der Waals surface area (Å²) in [5.74, 6) is 0.155. The first-order valence-corrected chi connectivity index (χ1v) is 4.17. The normalized spacial score (nSPS) is 11.0. The number of hydrogen-bond donors (Lipinski definition) is 1. The average Bonchev–Trinajstić information content (AvgIpc) is 1.85. The third-order valence-corrected chi connectivity index (χ3v) is 1.29. The maximum Gasteiger partial charge on any atom is 0.380 e. The van der Waals surface area contributed by atoms with Crippen LogP contribution in [0.2, 0.25) is 0 Å². The van der Waals surface area contributed by atoms with E-state index in [0.29, 0.717) is 0 Å². The molecule has 1 aromatic heterocycles. The Morgan fingerprint density at radius 3 is 2.36 bits per heavy atom. The van der Waals surface area contributed by atoms with E-state index in [0.717, 1.165) is 0 Å². The Morgan fingerprint density at radius 1 is 1.36 bits per heavy atom. The summed E-state index contributed by atoms with van der Waals surface area (Å²) in [4.78, 5) is 3.66. The van der Waals surface area contributed by atoms with Gasteiger partial charge in [-0.2, -0.15) is 13.6 Å². The summed E-state index contributed by atoms with van der Waals surface area (Å²) in [6, 6.07) is 2.79. The molecule has 0 saturated heterocycles. The van der Waals surface area contributed by atoms with Crippen LogP contribution in [0.25, 0.3) is 0 Å². The van der Waals surface area contributed by atoms with Gasteiger partial charge in [-0.05, 0) is 0 Å². The first kappa shape index (κ1) is 7.96. The van der Waals surface area contributed by atoms with E-state index in [1.807, 2.05) is 0 Å². The van der Waals surface area contributed by atoms with Gasteiger partial charge in [0.1, 0.15) is 5.75 Å². The molecule has 0 amide bonds. The molecular weight excluding hydrogens is 168 g/mol. The number of hydrogen-bond acceptors (Lipinski definition) is 4. The van der Waals surface area contributed by atoms with Crippen LogP contribution in [0.5, 0.6) is 5.75 Å². The van der Waals surface area contributed by atoms with E-state index in [9.17, 15) is 8.42 Å². The molecule has 1 aromatic rings. The summed E-state index contributed by atoms with van der Waals surface area (Å²) in [5.41, 5.74) is 0. The Labute approximate surface area is 64.1 Å². The van der Waals surface area contributed by atoms with Gasteiger partial charge in [0, 0.05) is 24.5 Å². The molecule has 0 unspecified atom stereocenters. The van der Waals surface area contributed by atoms with Crippen LogP contribution in [0, 0.1) is 0 Å². The smallest absolute Gasteiger partial charge is 0.371 e. The molecule has 1 heterocycles. The zero-order chi connectivity index (χ0) is 8.32. The van der Waals surface area contributed by atoms with Crippen molar-refractivity contribution in [3.63, 3.8) is 0 Å². The summed E-state index contributed by atoms with van der Waals surface area (Å²) in [6.45, 7) is 0. The fourth-order valence-electron chi connectivity index (χ4n) is 0.528. The first-order valence-electron chi connectivity index (χ1n) is 2.70. The number of pyridine rings is 1. The number of nitrogens with two attached hydrogens (primary N) is 1. The third kappa shape index (κ3) is 2.96. The molecule has 0 fully saturated rings. The summed E-state index contributed by atoms with van der Waals surface area (Å²) < 4.78 is 25.0. The van der Waals surface area contributed by atoms with E-state index in [1.165, 1.54) is 24.5 Å². The zero-order valence-corrected chi connectivity index (χ0v) is 6.28. The highest BCUT2D eigenvalue weighted by molar-refractivity contribution is 7.84. The Kier molecular flexibility index (Phi) is 2.06. The monoisotopic (exact) mass is 174 g/mol. The van der Waals surface area contributed by atoms with Gasteiger partial charge in [0.05, 0.1) is 0 Å². The van der Waals surface area contributed by atoms with Crippen molar-refractivity contribution in [2.45, 2.75) is 0 Å². The molecule has 2 N–H and O–H groups in total. The van der Waals surface area contributed by atoms with Gasteiger partial charge in [-0.25, -0.2) is 0 Å². The average molecular weight is 174 g/mol. The van der Waals surface area contributed by atoms with E-state index in [1.54, 1.807) is 0 Å². The van der Waals surface area contributed by atoms with Crippen molar-refractivity contribution in [2.75, 3.05) is 0 Å². The van der Waals surface area contributed by atoms with E-state index in [4.69, 9.17) is 0 Å². The minimum Gasteiger partial charge on any atom is -0.371 e. The first-order chi connectivity index (χ1) is 5.08. The molecule has 0 aliphatic heterocycles. The summed E-state index contributed by atoms with van der Waals surface area (Å²) >= 11 is 0. The second-order valence-electron chi connectivity index (χ2n) is 1.76. The van der Waals surface area contributed by atoms with Crippen molar-refractivity contribution in [3.8, 4) is 5.75 Å². The molecule has 6 heteroatoms. The van der Waals surface area contributed by atoms with Crippen molar-refractivity contribution in [1.29, 1.82) is 0 Å². The Balaban J connectivity index is 2.82. The predicted molar refractivity (Wildman–Crippen MR) is 38.0 cm³/mol. The predicted octanol–water partition coefficient (Wildman–Crippen LogP) is -0.336. The van der Waals surface area contributed by atoms with Crippen molar-refractivity contribution < 1.29 is 12.6 Å². The maximum absolute atomic E-state index is 10.3. The van der Waals surface area contributed by atoms with Crippen molar-refractivity contribution in [2.24, 2.45) is 5.14 Å². The number of aromatic nitrogens is 1. The van der Waals surface area contributed by atoms with Crippen molar-refractivity contribution in [1.82, 2.24) is 4.98 Å². The van der Waals surface area contributed by atoms with E-state index < -0.39 is 10.3 Å². The van der Waals surface area contributed by atoms with Gasteiger partial charge in [0.15, 0.2) is 0 Å². The highest BCUT2D eigenvalue weighted by Crippen LogP contribution is 2.07. The van der Waals surface area contributed by atoms with Crippen LogP contribution in [0.4, 0.5) is 0 Å². The fraction of sp³-hybridized carbons (Fsp3) is 0. The van der Waals surface area contributed by atoms with Crippen LogP contribution in [0.3, 0.4) is 0 Å². The van der Waals surface area contributed by atoms with Gasteiger partial charge in [0.25, 0.3) is 0 Å². The molecule has 0 atom stereocenters. The molecule has 0 aliphatic carbocycles. The number of nitrogens with zero attached hydrogens (tertiary/aromatic N) is 1. The standard InChI is InChI=1S/C5H6N2O3S/c6-11(8,9)10-5-1-3-7-4-2-5/h1-4H,(H2,6,8,9). The highest BCUT2D eigenvalue weighted by Gasteiger charge is 2.02. The van der Waals surface area contributed by atoms with Crippen molar-refractivity contribution in [3.05, 3.63) is 24.5 Å². The largest absolute Gasteiger partial charge is 0.380 e. The second-order valence-corrected chi connectivity index (χ2v) is 2.91. The minimum absolute atomic E-state index is 0.155. The second kappa shape index (κ2) is 2.85. The maximum atomic E-state index is 10.3. The zero-order valence-electron chi connectivity index (χ0n) is 5.47. The van der Waals surface area contributed by atoms with Crippen LogP contribution < -0.4 is 9.32 Å². The van der Waals surface area contributed by atoms with Gasteiger partial charge >= 0.3 is 10.3 Å². The van der Waals surface area contributed by atoms with Crippen LogP contribution in [-0.2, 0) is 10.3 Å². The van der Waals surface area contributed by atoms with Crippen LogP contribution in [0.1, 0.15) is 0 Å². The van der Waals surface area contributed by atoms with E-state index >= 15 is 0 Å². The van der Waals surface area contributed by atoms with Gasteiger partial charge in [-0.15, -0.1) is 0 Å². The van der Waals surface area contributed by atoms with E-state index in [2.05, 4.69) is 14.3 Å². The third-order valence-electron chi connectivity index (χ3n) is 0.862. The summed E-state index contributed by atoms with van der Waals surface area (Å²) in [6.07, 6.45) is 2.81. The quantitative estimate of drug-likeness (QED) is 0.665. The molecule has 11 heavy (non-hydrogen) atoms. The lowest BCUT2D eigenvalue weighted by atomic mass is 10.5. The van der Waals surface area contributed by atoms with E-state index in [-0.39, 0.29) is 5.75 Å². The highest BCUT2D eigenvalue weighted by atomic mass is 32.2. The molecule has 1 rings (SSSR count). The van der Waals surface area contributed by atoms with Crippen molar-refractivity contribution >= 4 is 10.3 Å². The van der Waals surface area contributed by atoms with Gasteiger partial charge in [0.2, 0.25) is 0 Å². The van der Waals surface area contributed by atoms with Gasteiger partial charge in [-0.1, -0.05) is 0 Å². The van der Waals surface area contributed by atoms with Gasteiger partial charge in [-0.3, -0.25) is 4.98 Å². The molecule has 0 saturated carbocycles. The SMILES string of the molecule is NS(=O)(=O)Oc1ccncc1. The molecule has 0 bridgehead atoms. The summed E-state index contributed by atoms with van der Waals surface area (Å²) in [5, 5.41) is 4.60. The van der Waals surface area contributed by atoms with Crippen LogP contribution in [0.15, 0.2) is 24.5 Å². The fourth-order valence-corrected chi connectivity index (χ4v) is 0.907. The van der Waals surface area contributed by atoms with Crippen LogP contribution in [-0.4, -0.2) is 13.4 Å². The lowest BCUT2D eigenvalue weighted by Gasteiger charge is -1.99. The van der Waals surface area contributed by atoms with Crippen LogP contribution >= 0.6 is 0 Å². The molecule has 60 valence electrons. The topological polar surface area (TPSA) is 82.3 Å². The Bertz CT molecular complexity index is 321. The lowest BCUT2D eigenvalue weighted by Crippen LogP contribution is -2.18. The molecule has 0 spiro atoms. The Hall–Kier alpha value is -1.14. The molecule has 0 radical (unpaired) electrons. The summed E-state index contributed by atoms with van der Waals surface area (Å²) in [7, 11) is -3.90. The van der Waals surface area contributed by atoms with Gasteiger partial charge < -0.3 is 4.18 Å². The molecule has 0 aliphatic rings. The molecule has 0 aromatic carbocycles.